The van der Waals surface area contributed by atoms with E-state index in [0.29, 0.717) is 12.5 Å². The van der Waals surface area contributed by atoms with Crippen LogP contribution in [-0.4, -0.2) is 27.6 Å². The molecule has 1 aromatic rings. The van der Waals surface area contributed by atoms with Crippen molar-refractivity contribution < 1.29 is 9.90 Å². The smallest absolute Gasteiger partial charge is 0.311 e. The largest absolute Gasteiger partial charge is 0.481 e. The molecule has 2 rings (SSSR count). The highest BCUT2D eigenvalue weighted by Gasteiger charge is 2.38. The molecule has 5 heteroatoms. The van der Waals surface area contributed by atoms with E-state index in [4.69, 9.17) is 0 Å². The molecule has 1 aromatic heterocycles. The number of hydrogen-bond donors (Lipinski definition) is 2. The zero-order valence-corrected chi connectivity index (χ0v) is 11.4. The number of carboxylic acid groups (broad SMARTS) is 1. The summed E-state index contributed by atoms with van der Waals surface area (Å²) < 4.78 is 0. The van der Waals surface area contributed by atoms with Crippen LogP contribution in [-0.2, 0) is 4.79 Å². The molecule has 1 aliphatic rings. The first-order valence-electron chi connectivity index (χ1n) is 6.89. The average molecular weight is 263 g/mol. The summed E-state index contributed by atoms with van der Waals surface area (Å²) >= 11 is 0. The van der Waals surface area contributed by atoms with E-state index in [-0.39, 0.29) is 0 Å². The van der Waals surface area contributed by atoms with Crippen molar-refractivity contribution in [3.05, 3.63) is 18.0 Å². The summed E-state index contributed by atoms with van der Waals surface area (Å²) in [6, 6.07) is 1.82. The molecule has 0 atom stereocenters. The Balaban J connectivity index is 2.06. The van der Waals surface area contributed by atoms with Gasteiger partial charge >= 0.3 is 5.97 Å². The fourth-order valence-corrected chi connectivity index (χ4v) is 2.65. The molecule has 104 valence electrons. The van der Waals surface area contributed by atoms with Gasteiger partial charge in [0.1, 0.15) is 0 Å². The number of aliphatic carboxylic acids is 1. The summed E-state index contributed by atoms with van der Waals surface area (Å²) in [5.74, 6) is -0.181. The number of rotatable bonds is 4. The molecular formula is C14H21N3O2. The van der Waals surface area contributed by atoms with E-state index in [1.54, 1.807) is 6.20 Å². The summed E-state index contributed by atoms with van der Waals surface area (Å²) in [5, 5.41) is 12.7. The van der Waals surface area contributed by atoms with E-state index >= 15 is 0 Å². The minimum absolute atomic E-state index is 0.409. The van der Waals surface area contributed by atoms with Gasteiger partial charge < -0.3 is 10.4 Å². The van der Waals surface area contributed by atoms with E-state index in [1.807, 2.05) is 13.0 Å². The van der Waals surface area contributed by atoms with Gasteiger partial charge in [-0.3, -0.25) is 4.79 Å². The van der Waals surface area contributed by atoms with Crippen molar-refractivity contribution in [1.29, 1.82) is 0 Å². The number of aryl methyl sites for hydroxylation is 1. The molecule has 2 N–H and O–H groups in total. The number of carbonyl (C=O) groups is 1. The first kappa shape index (κ1) is 13.8. The molecule has 19 heavy (non-hydrogen) atoms. The van der Waals surface area contributed by atoms with Gasteiger partial charge in [-0.05, 0) is 25.8 Å². The highest BCUT2D eigenvalue weighted by molar-refractivity contribution is 5.75. The fraction of sp³-hybridized carbons (Fsp3) is 0.643. The van der Waals surface area contributed by atoms with Gasteiger partial charge in [-0.2, -0.15) is 0 Å². The van der Waals surface area contributed by atoms with Crippen molar-refractivity contribution in [2.24, 2.45) is 5.41 Å². The van der Waals surface area contributed by atoms with Crippen molar-refractivity contribution >= 4 is 11.9 Å². The molecular weight excluding hydrogens is 242 g/mol. The number of carboxylic acids is 1. The maximum absolute atomic E-state index is 11.6. The normalized spacial score (nSPS) is 18.6. The van der Waals surface area contributed by atoms with E-state index in [0.717, 1.165) is 44.2 Å². The predicted octanol–water partition coefficient (Wildman–Crippen LogP) is 2.62. The third-order valence-electron chi connectivity index (χ3n) is 3.89. The Kier molecular flexibility index (Phi) is 4.35. The van der Waals surface area contributed by atoms with Crippen LogP contribution in [0.15, 0.2) is 12.3 Å². The van der Waals surface area contributed by atoms with E-state index in [2.05, 4.69) is 15.3 Å². The van der Waals surface area contributed by atoms with Crippen molar-refractivity contribution in [3.8, 4) is 0 Å². The van der Waals surface area contributed by atoms with Crippen LogP contribution in [0.2, 0.25) is 0 Å². The van der Waals surface area contributed by atoms with Crippen LogP contribution >= 0.6 is 0 Å². The summed E-state index contributed by atoms with van der Waals surface area (Å²) in [6.07, 6.45) is 7.41. The van der Waals surface area contributed by atoms with Crippen molar-refractivity contribution in [2.45, 2.75) is 45.4 Å². The maximum Gasteiger partial charge on any atom is 0.311 e. The molecule has 0 radical (unpaired) electrons. The van der Waals surface area contributed by atoms with Gasteiger partial charge in [-0.15, -0.1) is 0 Å². The lowest BCUT2D eigenvalue weighted by atomic mass is 9.80. The molecule has 0 saturated heterocycles. The number of aromatic nitrogens is 2. The topological polar surface area (TPSA) is 75.1 Å². The van der Waals surface area contributed by atoms with Crippen molar-refractivity contribution in [1.82, 2.24) is 9.97 Å². The monoisotopic (exact) mass is 263 g/mol. The molecule has 0 unspecified atom stereocenters. The van der Waals surface area contributed by atoms with Gasteiger partial charge in [0.25, 0.3) is 0 Å². The lowest BCUT2D eigenvalue weighted by Gasteiger charge is -2.28. The Morgan fingerprint density at radius 2 is 2.05 bits per heavy atom. The standard InChI is InChI=1S/C14H21N3O2/c1-11-6-9-15-13(17-11)16-10-14(12(18)19)7-4-2-3-5-8-14/h6,9H,2-5,7-8,10H2,1H3,(H,18,19)(H,15,16,17). The van der Waals surface area contributed by atoms with Gasteiger partial charge in [0.2, 0.25) is 5.95 Å². The van der Waals surface area contributed by atoms with Gasteiger partial charge in [-0.1, -0.05) is 25.7 Å². The zero-order valence-electron chi connectivity index (χ0n) is 11.4. The minimum Gasteiger partial charge on any atom is -0.481 e. The molecule has 1 fully saturated rings. The highest BCUT2D eigenvalue weighted by atomic mass is 16.4. The fourth-order valence-electron chi connectivity index (χ4n) is 2.65. The minimum atomic E-state index is -0.699. The third kappa shape index (κ3) is 3.43. The van der Waals surface area contributed by atoms with Gasteiger partial charge in [0.05, 0.1) is 5.41 Å². The van der Waals surface area contributed by atoms with Gasteiger partial charge in [0.15, 0.2) is 0 Å². The second kappa shape index (κ2) is 5.99. The Morgan fingerprint density at radius 3 is 2.63 bits per heavy atom. The van der Waals surface area contributed by atoms with Crippen LogP contribution in [0.1, 0.15) is 44.2 Å². The Labute approximate surface area is 113 Å². The van der Waals surface area contributed by atoms with Gasteiger partial charge in [0, 0.05) is 18.4 Å². The van der Waals surface area contributed by atoms with Gasteiger partial charge in [-0.25, -0.2) is 9.97 Å². The Hall–Kier alpha value is -1.65. The lowest BCUT2D eigenvalue weighted by molar-refractivity contribution is -0.149. The van der Waals surface area contributed by atoms with Crippen LogP contribution in [0, 0.1) is 12.3 Å². The molecule has 1 heterocycles. The number of nitrogens with zero attached hydrogens (tertiary/aromatic N) is 2. The number of nitrogens with one attached hydrogen (secondary N) is 1. The van der Waals surface area contributed by atoms with Crippen molar-refractivity contribution in [3.63, 3.8) is 0 Å². The first-order chi connectivity index (χ1) is 9.12. The number of anilines is 1. The highest BCUT2D eigenvalue weighted by Crippen LogP contribution is 2.35. The molecule has 1 saturated carbocycles. The summed E-state index contributed by atoms with van der Waals surface area (Å²) in [5.41, 5.74) is 0.214. The lowest BCUT2D eigenvalue weighted by Crippen LogP contribution is -2.37. The third-order valence-corrected chi connectivity index (χ3v) is 3.89. The first-order valence-corrected chi connectivity index (χ1v) is 6.89. The van der Waals surface area contributed by atoms with E-state index in [9.17, 15) is 9.90 Å². The SMILES string of the molecule is Cc1ccnc(NCC2(C(=O)O)CCCCCC2)n1. The van der Waals surface area contributed by atoms with E-state index < -0.39 is 11.4 Å². The zero-order chi connectivity index (χ0) is 13.7. The molecule has 0 amide bonds. The van der Waals surface area contributed by atoms with Crippen LogP contribution in [0.5, 0.6) is 0 Å². The summed E-state index contributed by atoms with van der Waals surface area (Å²) in [7, 11) is 0. The molecule has 0 aromatic carbocycles. The summed E-state index contributed by atoms with van der Waals surface area (Å²) in [6.45, 7) is 2.30. The molecule has 0 bridgehead atoms. The Bertz CT molecular complexity index is 440. The molecule has 5 nitrogen and oxygen atoms in total. The molecule has 0 aliphatic heterocycles. The molecule has 0 spiro atoms. The van der Waals surface area contributed by atoms with Crippen LogP contribution in [0.3, 0.4) is 0 Å². The predicted molar refractivity (Wildman–Crippen MR) is 73.0 cm³/mol. The van der Waals surface area contributed by atoms with Crippen LogP contribution < -0.4 is 5.32 Å². The van der Waals surface area contributed by atoms with Crippen LogP contribution in [0.25, 0.3) is 0 Å². The molecule has 1 aliphatic carbocycles. The van der Waals surface area contributed by atoms with E-state index in [1.165, 1.54) is 0 Å². The number of hydrogen-bond acceptors (Lipinski definition) is 4. The second-order valence-electron chi connectivity index (χ2n) is 5.37. The Morgan fingerprint density at radius 1 is 1.37 bits per heavy atom. The maximum atomic E-state index is 11.6. The average Bonchev–Trinajstić information content (AvgIpc) is 2.63. The quantitative estimate of drug-likeness (QED) is 0.817. The summed E-state index contributed by atoms with van der Waals surface area (Å²) in [4.78, 5) is 20.0. The van der Waals surface area contributed by atoms with Crippen LogP contribution in [0.4, 0.5) is 5.95 Å². The second-order valence-corrected chi connectivity index (χ2v) is 5.37. The van der Waals surface area contributed by atoms with Crippen molar-refractivity contribution in [2.75, 3.05) is 11.9 Å².